The zero-order valence-electron chi connectivity index (χ0n) is 25.8. The second-order valence-electron chi connectivity index (χ2n) is 12.5. The van der Waals surface area contributed by atoms with Crippen molar-refractivity contribution in [3.63, 3.8) is 0 Å². The Bertz CT molecular complexity index is 1260. The summed E-state index contributed by atoms with van der Waals surface area (Å²) >= 11 is 1.51. The molecule has 2 aliphatic rings. The van der Waals surface area contributed by atoms with Gasteiger partial charge in [-0.05, 0) is 67.5 Å². The number of nitrogens with zero attached hydrogens (tertiary/aromatic N) is 2. The molecule has 1 saturated carbocycles. The number of esters is 1. The number of thiophene rings is 1. The van der Waals surface area contributed by atoms with Gasteiger partial charge in [0, 0.05) is 38.5 Å². The van der Waals surface area contributed by atoms with E-state index in [0.29, 0.717) is 43.5 Å². The molecule has 3 heterocycles. The normalized spacial score (nSPS) is 24.5. The molecule has 1 amide bonds. The molecule has 4 atom stereocenters. The number of pyridine rings is 1. The first-order valence-electron chi connectivity index (χ1n) is 15.8. The summed E-state index contributed by atoms with van der Waals surface area (Å²) in [4.78, 5) is 41.7. The third-order valence-corrected chi connectivity index (χ3v) is 10.1. The topological polar surface area (TPSA) is 101 Å². The van der Waals surface area contributed by atoms with Crippen molar-refractivity contribution in [3.05, 3.63) is 45.0 Å². The van der Waals surface area contributed by atoms with Gasteiger partial charge in [0.2, 0.25) is 0 Å². The SMILES string of the molecule is CCCCCCC(CCC)C(=O)OC1CCCC12CNCCC2(O)Cn1cc(C(=O)N(C)C)c(-c2ccsc2)cc1=O. The summed E-state index contributed by atoms with van der Waals surface area (Å²) < 4.78 is 7.81. The number of amides is 1. The number of hydrogen-bond donors (Lipinski definition) is 2. The van der Waals surface area contributed by atoms with E-state index < -0.39 is 17.1 Å². The summed E-state index contributed by atoms with van der Waals surface area (Å²) in [5, 5.41) is 19.7. The van der Waals surface area contributed by atoms with Crippen LogP contribution in [0.4, 0.5) is 0 Å². The van der Waals surface area contributed by atoms with Crippen molar-refractivity contribution in [2.75, 3.05) is 27.2 Å². The van der Waals surface area contributed by atoms with Crippen molar-refractivity contribution in [1.82, 2.24) is 14.8 Å². The highest BCUT2D eigenvalue weighted by atomic mass is 32.1. The summed E-state index contributed by atoms with van der Waals surface area (Å²) in [7, 11) is 3.38. The third kappa shape index (κ3) is 6.84. The molecule has 9 heteroatoms. The van der Waals surface area contributed by atoms with E-state index in [2.05, 4.69) is 19.2 Å². The van der Waals surface area contributed by atoms with Gasteiger partial charge in [0.1, 0.15) is 6.10 Å². The van der Waals surface area contributed by atoms with Crippen LogP contribution in [0.2, 0.25) is 0 Å². The minimum absolute atomic E-state index is 0.0363. The van der Waals surface area contributed by atoms with Gasteiger partial charge in [-0.15, -0.1) is 0 Å². The molecule has 42 heavy (non-hydrogen) atoms. The fourth-order valence-electron chi connectivity index (χ4n) is 7.03. The lowest BCUT2D eigenvalue weighted by atomic mass is 9.65. The van der Waals surface area contributed by atoms with Crippen molar-refractivity contribution in [1.29, 1.82) is 0 Å². The summed E-state index contributed by atoms with van der Waals surface area (Å²) in [6, 6.07) is 3.41. The minimum Gasteiger partial charge on any atom is -0.461 e. The molecule has 2 N–H and O–H groups in total. The number of piperidine rings is 1. The number of hydrogen-bond acceptors (Lipinski definition) is 7. The van der Waals surface area contributed by atoms with Gasteiger partial charge in [-0.25, -0.2) is 0 Å². The Morgan fingerprint density at radius 3 is 2.69 bits per heavy atom. The number of carbonyl (C=O) groups is 2. The van der Waals surface area contributed by atoms with Crippen LogP contribution in [0.1, 0.15) is 94.8 Å². The summed E-state index contributed by atoms with van der Waals surface area (Å²) in [5.41, 5.74) is -0.424. The van der Waals surface area contributed by atoms with E-state index in [-0.39, 0.29) is 29.9 Å². The van der Waals surface area contributed by atoms with Crippen molar-refractivity contribution < 1.29 is 19.4 Å². The lowest BCUT2D eigenvalue weighted by Crippen LogP contribution is -2.65. The van der Waals surface area contributed by atoms with Crippen LogP contribution in [0.3, 0.4) is 0 Å². The number of aliphatic hydroxyl groups is 1. The molecule has 4 rings (SSSR count). The Morgan fingerprint density at radius 1 is 1.19 bits per heavy atom. The Kier molecular flexibility index (Phi) is 11.1. The molecule has 1 aliphatic carbocycles. The largest absolute Gasteiger partial charge is 0.461 e. The van der Waals surface area contributed by atoms with Crippen LogP contribution in [0.15, 0.2) is 33.9 Å². The first-order chi connectivity index (χ1) is 20.2. The highest BCUT2D eigenvalue weighted by Crippen LogP contribution is 2.51. The maximum atomic E-state index is 13.5. The molecule has 0 aromatic carbocycles. The molecular formula is C33H49N3O5S. The summed E-state index contributed by atoms with van der Waals surface area (Å²) in [6.07, 6.45) is 10.9. The van der Waals surface area contributed by atoms with E-state index in [1.165, 1.54) is 33.3 Å². The Balaban J connectivity index is 1.63. The van der Waals surface area contributed by atoms with Gasteiger partial charge in [0.25, 0.3) is 11.5 Å². The van der Waals surface area contributed by atoms with Crippen LogP contribution in [0.5, 0.6) is 0 Å². The highest BCUT2D eigenvalue weighted by Gasteiger charge is 2.60. The van der Waals surface area contributed by atoms with E-state index in [1.807, 2.05) is 16.8 Å². The molecule has 2 fully saturated rings. The van der Waals surface area contributed by atoms with Crippen LogP contribution in [0, 0.1) is 11.3 Å². The molecule has 2 aromatic heterocycles. The van der Waals surface area contributed by atoms with E-state index in [4.69, 9.17) is 4.74 Å². The number of unbranched alkanes of at least 4 members (excludes halogenated alkanes) is 3. The van der Waals surface area contributed by atoms with Gasteiger partial charge in [-0.1, -0.05) is 46.0 Å². The van der Waals surface area contributed by atoms with Gasteiger partial charge in [0.15, 0.2) is 0 Å². The summed E-state index contributed by atoms with van der Waals surface area (Å²) in [5.74, 6) is -0.477. The van der Waals surface area contributed by atoms with Crippen molar-refractivity contribution >= 4 is 23.2 Å². The van der Waals surface area contributed by atoms with Crippen molar-refractivity contribution in [3.8, 4) is 11.1 Å². The quantitative estimate of drug-likeness (QED) is 0.234. The van der Waals surface area contributed by atoms with Crippen LogP contribution in [-0.2, 0) is 16.1 Å². The van der Waals surface area contributed by atoms with Crippen molar-refractivity contribution in [2.24, 2.45) is 11.3 Å². The fourth-order valence-corrected chi connectivity index (χ4v) is 7.69. The smallest absolute Gasteiger partial charge is 0.309 e. The van der Waals surface area contributed by atoms with Gasteiger partial charge < -0.3 is 24.6 Å². The number of carbonyl (C=O) groups excluding carboxylic acids is 2. The first-order valence-corrected chi connectivity index (χ1v) is 16.7. The lowest BCUT2D eigenvalue weighted by Gasteiger charge is -2.51. The zero-order chi connectivity index (χ0) is 30.3. The highest BCUT2D eigenvalue weighted by molar-refractivity contribution is 7.08. The molecule has 4 unspecified atom stereocenters. The second-order valence-corrected chi connectivity index (χ2v) is 13.3. The monoisotopic (exact) mass is 599 g/mol. The fraction of sp³-hybridized carbons (Fsp3) is 0.667. The first kappa shape index (κ1) is 32.4. The van der Waals surface area contributed by atoms with E-state index in [9.17, 15) is 19.5 Å². The number of ether oxygens (including phenoxy) is 1. The molecule has 1 aliphatic heterocycles. The van der Waals surface area contributed by atoms with Gasteiger partial charge in [-0.2, -0.15) is 11.3 Å². The second kappa shape index (κ2) is 14.3. The standard InChI is InChI=1S/C33H49N3O5S/c1-5-7-8-9-12-24(11-6-2)31(39)41-28-13-10-15-32(28)22-34-17-16-33(32,40)23-36-20-27(30(38)35(3)4)26(19-29(36)37)25-14-18-42-21-25/h14,18-21,24,28,34,40H,5-13,15-17,22-23H2,1-4H3. The Morgan fingerprint density at radius 2 is 2.00 bits per heavy atom. The molecule has 1 saturated heterocycles. The van der Waals surface area contributed by atoms with E-state index in [0.717, 1.165) is 50.5 Å². The lowest BCUT2D eigenvalue weighted by molar-refractivity contribution is -0.187. The Hall–Kier alpha value is -2.49. The average Bonchev–Trinajstić information content (AvgIpc) is 3.64. The van der Waals surface area contributed by atoms with E-state index >= 15 is 0 Å². The molecule has 1 spiro atoms. The Labute approximate surface area is 254 Å². The van der Waals surface area contributed by atoms with Crippen LogP contribution >= 0.6 is 11.3 Å². The molecule has 8 nitrogen and oxygen atoms in total. The van der Waals surface area contributed by atoms with Gasteiger partial charge in [-0.3, -0.25) is 14.4 Å². The molecule has 232 valence electrons. The molecular weight excluding hydrogens is 550 g/mol. The third-order valence-electron chi connectivity index (χ3n) is 9.45. The van der Waals surface area contributed by atoms with Crippen LogP contribution in [0.25, 0.3) is 11.1 Å². The average molecular weight is 600 g/mol. The predicted octanol–water partition coefficient (Wildman–Crippen LogP) is 5.47. The van der Waals surface area contributed by atoms with Crippen LogP contribution in [-0.4, -0.2) is 65.3 Å². The van der Waals surface area contributed by atoms with E-state index in [1.54, 1.807) is 20.3 Å². The van der Waals surface area contributed by atoms with Crippen molar-refractivity contribution in [2.45, 2.75) is 103 Å². The number of nitrogens with one attached hydrogen (secondary N) is 1. The summed E-state index contributed by atoms with van der Waals surface area (Å²) in [6.45, 7) is 5.43. The maximum absolute atomic E-state index is 13.5. The zero-order valence-corrected chi connectivity index (χ0v) is 26.6. The molecule has 0 bridgehead atoms. The molecule has 2 aromatic rings. The van der Waals surface area contributed by atoms with Gasteiger partial charge >= 0.3 is 5.97 Å². The van der Waals surface area contributed by atoms with Crippen LogP contribution < -0.4 is 10.9 Å². The minimum atomic E-state index is -1.28. The maximum Gasteiger partial charge on any atom is 0.309 e. The van der Waals surface area contributed by atoms with Gasteiger partial charge in [0.05, 0.1) is 29.0 Å². The number of rotatable bonds is 13. The molecule has 0 radical (unpaired) electrons. The predicted molar refractivity (Wildman–Crippen MR) is 168 cm³/mol. The number of aromatic nitrogens is 1.